The summed E-state index contributed by atoms with van der Waals surface area (Å²) in [4.78, 5) is 12.1. The highest BCUT2D eigenvalue weighted by atomic mass is 79.9. The van der Waals surface area contributed by atoms with Crippen LogP contribution in [0.5, 0.6) is 0 Å². The zero-order valence-electron chi connectivity index (χ0n) is 9.95. The summed E-state index contributed by atoms with van der Waals surface area (Å²) in [5.41, 5.74) is 1.19. The Morgan fingerprint density at radius 2 is 1.90 bits per heavy atom. The first-order valence-electron chi connectivity index (χ1n) is 5.47. The number of nitrogens with one attached hydrogen (secondary N) is 1. The van der Waals surface area contributed by atoms with Crippen molar-refractivity contribution in [3.63, 3.8) is 0 Å². The third kappa shape index (κ3) is 3.31. The van der Waals surface area contributed by atoms with E-state index in [0.717, 1.165) is 4.47 Å². The van der Waals surface area contributed by atoms with Gasteiger partial charge in [0.05, 0.1) is 32.9 Å². The van der Waals surface area contributed by atoms with Crippen LogP contribution in [0.1, 0.15) is 15.9 Å². The summed E-state index contributed by atoms with van der Waals surface area (Å²) in [6.07, 6.45) is 0. The summed E-state index contributed by atoms with van der Waals surface area (Å²) in [6.45, 7) is 0. The van der Waals surface area contributed by atoms with Gasteiger partial charge >= 0.3 is 0 Å². The van der Waals surface area contributed by atoms with Gasteiger partial charge in [-0.1, -0.05) is 39.1 Å². The predicted molar refractivity (Wildman–Crippen MR) is 83.3 cm³/mol. The number of benzene rings is 2. The molecular formula is C14H7BrCl2N2O. The average molecular weight is 370 g/mol. The van der Waals surface area contributed by atoms with Crippen LogP contribution in [0.15, 0.2) is 40.9 Å². The second kappa shape index (κ2) is 6.27. The maximum absolute atomic E-state index is 12.1. The van der Waals surface area contributed by atoms with Crippen LogP contribution in [0.25, 0.3) is 0 Å². The molecule has 0 heterocycles. The first kappa shape index (κ1) is 14.9. The van der Waals surface area contributed by atoms with E-state index in [9.17, 15) is 4.79 Å². The fourth-order valence-electron chi connectivity index (χ4n) is 1.55. The lowest BCUT2D eigenvalue weighted by atomic mass is 10.2. The normalized spacial score (nSPS) is 9.90. The average Bonchev–Trinajstić information content (AvgIpc) is 2.40. The van der Waals surface area contributed by atoms with Gasteiger partial charge in [-0.25, -0.2) is 0 Å². The summed E-state index contributed by atoms with van der Waals surface area (Å²) in [7, 11) is 0. The lowest BCUT2D eigenvalue weighted by Crippen LogP contribution is -2.12. The molecule has 1 amide bonds. The van der Waals surface area contributed by atoms with Crippen molar-refractivity contribution in [3.05, 3.63) is 62.0 Å². The van der Waals surface area contributed by atoms with E-state index in [1.54, 1.807) is 30.3 Å². The van der Waals surface area contributed by atoms with Crippen LogP contribution in [-0.4, -0.2) is 5.91 Å². The van der Waals surface area contributed by atoms with Gasteiger partial charge in [-0.15, -0.1) is 0 Å². The molecule has 3 nitrogen and oxygen atoms in total. The second-order valence-corrected chi connectivity index (χ2v) is 5.61. The summed E-state index contributed by atoms with van der Waals surface area (Å²) < 4.78 is 0.787. The Morgan fingerprint density at radius 1 is 1.15 bits per heavy atom. The van der Waals surface area contributed by atoms with Crippen molar-refractivity contribution in [1.29, 1.82) is 5.26 Å². The Morgan fingerprint density at radius 3 is 2.50 bits per heavy atom. The van der Waals surface area contributed by atoms with Crippen LogP contribution in [0.4, 0.5) is 5.69 Å². The molecule has 0 bridgehead atoms. The fraction of sp³-hybridized carbons (Fsp3) is 0. The molecule has 1 N–H and O–H groups in total. The molecule has 0 saturated heterocycles. The molecule has 0 atom stereocenters. The lowest BCUT2D eigenvalue weighted by molar-refractivity contribution is 0.102. The maximum Gasteiger partial charge on any atom is 0.257 e. The molecule has 20 heavy (non-hydrogen) atoms. The van der Waals surface area contributed by atoms with Gasteiger partial charge < -0.3 is 5.32 Å². The molecule has 0 radical (unpaired) electrons. The molecule has 6 heteroatoms. The minimum atomic E-state index is -0.367. The largest absolute Gasteiger partial charge is 0.321 e. The fourth-order valence-corrected chi connectivity index (χ4v) is 2.54. The van der Waals surface area contributed by atoms with Crippen molar-refractivity contribution >= 4 is 50.7 Å². The van der Waals surface area contributed by atoms with Crippen molar-refractivity contribution < 1.29 is 4.79 Å². The van der Waals surface area contributed by atoms with Gasteiger partial charge in [-0.3, -0.25) is 4.79 Å². The van der Waals surface area contributed by atoms with Crippen LogP contribution < -0.4 is 5.32 Å². The van der Waals surface area contributed by atoms with Crippen molar-refractivity contribution in [1.82, 2.24) is 0 Å². The van der Waals surface area contributed by atoms with Crippen molar-refractivity contribution in [2.24, 2.45) is 0 Å². The minimum Gasteiger partial charge on any atom is -0.321 e. The van der Waals surface area contributed by atoms with Gasteiger partial charge in [0.2, 0.25) is 0 Å². The highest BCUT2D eigenvalue weighted by molar-refractivity contribution is 9.10. The molecule has 100 valence electrons. The van der Waals surface area contributed by atoms with Crippen molar-refractivity contribution in [3.8, 4) is 6.07 Å². The topological polar surface area (TPSA) is 52.9 Å². The molecule has 0 aliphatic carbocycles. The number of rotatable bonds is 2. The molecular weight excluding hydrogens is 363 g/mol. The van der Waals surface area contributed by atoms with Crippen LogP contribution >= 0.6 is 39.1 Å². The third-order valence-electron chi connectivity index (χ3n) is 2.52. The van der Waals surface area contributed by atoms with Gasteiger partial charge in [0.25, 0.3) is 5.91 Å². The predicted octanol–water partition coefficient (Wildman–Crippen LogP) is 4.88. The van der Waals surface area contributed by atoms with Gasteiger partial charge in [0.15, 0.2) is 0 Å². The zero-order chi connectivity index (χ0) is 14.7. The van der Waals surface area contributed by atoms with E-state index in [1.807, 2.05) is 6.07 Å². The van der Waals surface area contributed by atoms with Crippen LogP contribution in [0.2, 0.25) is 10.0 Å². The monoisotopic (exact) mass is 368 g/mol. The summed E-state index contributed by atoms with van der Waals surface area (Å²) in [5, 5.41) is 12.0. The van der Waals surface area contributed by atoms with E-state index in [0.29, 0.717) is 26.9 Å². The number of carbonyl (C=O) groups excluding carboxylic acids is 1. The number of hydrogen-bond donors (Lipinski definition) is 1. The number of anilines is 1. The summed E-state index contributed by atoms with van der Waals surface area (Å²) >= 11 is 15.3. The van der Waals surface area contributed by atoms with Gasteiger partial charge in [-0.2, -0.15) is 5.26 Å². The quantitative estimate of drug-likeness (QED) is 0.820. The first-order chi connectivity index (χ1) is 9.51. The molecule has 0 aliphatic rings. The Labute approximate surface area is 134 Å². The zero-order valence-corrected chi connectivity index (χ0v) is 13.1. The number of nitrogens with zero attached hydrogens (tertiary/aromatic N) is 1. The van der Waals surface area contributed by atoms with Crippen molar-refractivity contribution in [2.45, 2.75) is 0 Å². The highest BCUT2D eigenvalue weighted by Crippen LogP contribution is 2.26. The van der Waals surface area contributed by atoms with E-state index in [-0.39, 0.29) is 5.91 Å². The number of nitriles is 1. The smallest absolute Gasteiger partial charge is 0.257 e. The molecule has 0 aliphatic heterocycles. The molecule has 2 rings (SSSR count). The molecule has 0 saturated carbocycles. The molecule has 0 aromatic heterocycles. The van der Waals surface area contributed by atoms with E-state index < -0.39 is 0 Å². The standard InChI is InChI=1S/C14H7BrCl2N2O/c15-9-2-3-10(11(16)6-9)14(20)19-13-4-1-8(7-18)5-12(13)17/h1-6H,(H,19,20). The summed E-state index contributed by atoms with van der Waals surface area (Å²) in [5.74, 6) is -0.367. The van der Waals surface area contributed by atoms with E-state index in [4.69, 9.17) is 28.5 Å². The Hall–Kier alpha value is -1.54. The van der Waals surface area contributed by atoms with Gasteiger partial charge in [0.1, 0.15) is 0 Å². The van der Waals surface area contributed by atoms with Crippen LogP contribution in [-0.2, 0) is 0 Å². The number of carbonyl (C=O) groups is 1. The van der Waals surface area contributed by atoms with E-state index in [1.165, 1.54) is 6.07 Å². The molecule has 2 aromatic carbocycles. The second-order valence-electron chi connectivity index (χ2n) is 3.88. The maximum atomic E-state index is 12.1. The SMILES string of the molecule is N#Cc1ccc(NC(=O)c2ccc(Br)cc2Cl)c(Cl)c1. The Balaban J connectivity index is 2.26. The van der Waals surface area contributed by atoms with Crippen LogP contribution in [0, 0.1) is 11.3 Å². The molecule has 0 spiro atoms. The van der Waals surface area contributed by atoms with Gasteiger partial charge in [-0.05, 0) is 36.4 Å². The molecule has 2 aromatic rings. The molecule has 0 unspecified atom stereocenters. The Bertz CT molecular complexity index is 726. The molecule has 0 fully saturated rings. The highest BCUT2D eigenvalue weighted by Gasteiger charge is 2.12. The summed E-state index contributed by atoms with van der Waals surface area (Å²) in [6, 6.07) is 11.6. The van der Waals surface area contributed by atoms with Gasteiger partial charge in [0, 0.05) is 4.47 Å². The number of amides is 1. The van der Waals surface area contributed by atoms with E-state index >= 15 is 0 Å². The van der Waals surface area contributed by atoms with Crippen LogP contribution in [0.3, 0.4) is 0 Å². The lowest BCUT2D eigenvalue weighted by Gasteiger charge is -2.08. The third-order valence-corrected chi connectivity index (χ3v) is 3.64. The Kier molecular flexibility index (Phi) is 4.66. The minimum absolute atomic E-state index is 0.297. The number of hydrogen-bond acceptors (Lipinski definition) is 2. The number of halogens is 3. The van der Waals surface area contributed by atoms with Crippen molar-refractivity contribution in [2.75, 3.05) is 5.32 Å². The first-order valence-corrected chi connectivity index (χ1v) is 7.02. The van der Waals surface area contributed by atoms with E-state index in [2.05, 4.69) is 21.2 Å².